The molecule has 0 spiro atoms. The van der Waals surface area contributed by atoms with Crippen LogP contribution in [0.1, 0.15) is 26.3 Å². The summed E-state index contributed by atoms with van der Waals surface area (Å²) in [7, 11) is 0. The van der Waals surface area contributed by atoms with Gasteiger partial charge < -0.3 is 10.5 Å². The molecule has 0 aromatic heterocycles. The van der Waals surface area contributed by atoms with Gasteiger partial charge in [0, 0.05) is 6.92 Å². The lowest BCUT2D eigenvalue weighted by Crippen LogP contribution is -2.57. The molecule has 4 nitrogen and oxygen atoms in total. The van der Waals surface area contributed by atoms with E-state index in [1.165, 1.54) is 6.92 Å². The lowest BCUT2D eigenvalue weighted by molar-refractivity contribution is -0.140. The molecule has 0 aliphatic carbocycles. The van der Waals surface area contributed by atoms with Crippen molar-refractivity contribution in [1.29, 1.82) is 0 Å². The molecule has 0 saturated carbocycles. The van der Waals surface area contributed by atoms with Crippen molar-refractivity contribution in [2.45, 2.75) is 32.7 Å². The van der Waals surface area contributed by atoms with Crippen LogP contribution in [0.25, 0.3) is 0 Å². The van der Waals surface area contributed by atoms with Crippen molar-refractivity contribution >= 4 is 17.9 Å². The van der Waals surface area contributed by atoms with Crippen LogP contribution in [0.5, 0.6) is 0 Å². The molecule has 1 aromatic rings. The van der Waals surface area contributed by atoms with Crippen LogP contribution in [0.3, 0.4) is 0 Å². The molecule has 2 unspecified atom stereocenters. The number of hydrogen-bond acceptors (Lipinski definition) is 4. The van der Waals surface area contributed by atoms with Crippen molar-refractivity contribution < 1.29 is 14.4 Å². The third kappa shape index (κ3) is 3.39. The van der Waals surface area contributed by atoms with Gasteiger partial charge in [0.2, 0.25) is 5.78 Å². The number of carbonyl (C=O) groups excluding carboxylic acids is 3. The Kier molecular flexibility index (Phi) is 5.34. The molecule has 0 amide bonds. The maximum Gasteiger partial charge on any atom is 0.203 e. The largest absolute Gasteiger partial charge is 0.318 e. The van der Waals surface area contributed by atoms with Crippen molar-refractivity contribution in [2.75, 3.05) is 0 Å². The summed E-state index contributed by atoms with van der Waals surface area (Å²) in [5.41, 5.74) is 5.67. The molecule has 2 N–H and O–H groups in total. The van der Waals surface area contributed by atoms with Gasteiger partial charge in [-0.2, -0.15) is 0 Å². The van der Waals surface area contributed by atoms with E-state index < -0.39 is 23.0 Å². The van der Waals surface area contributed by atoms with Gasteiger partial charge in [0.05, 0.1) is 11.5 Å². The Balaban J connectivity index is 3.18. The van der Waals surface area contributed by atoms with Gasteiger partial charge in [0.1, 0.15) is 6.29 Å². The standard InChI is InChI=1S/C16H21NO3/c1-11(2)16(17,10-18)14(15(20)12(3)19)9-13-7-5-4-6-8-13/h4-8,10-11,14H,9,17H2,1-3H3. The summed E-state index contributed by atoms with van der Waals surface area (Å²) in [6.07, 6.45) is 0.888. The normalized spacial score (nSPS) is 15.4. The second-order valence-electron chi connectivity index (χ2n) is 5.44. The predicted molar refractivity (Wildman–Crippen MR) is 77.1 cm³/mol. The molecule has 2 atom stereocenters. The Morgan fingerprint density at radius 1 is 1.25 bits per heavy atom. The highest BCUT2D eigenvalue weighted by molar-refractivity contribution is 6.37. The first kappa shape index (κ1) is 16.2. The highest BCUT2D eigenvalue weighted by Gasteiger charge is 2.43. The van der Waals surface area contributed by atoms with Crippen LogP contribution in [0.2, 0.25) is 0 Å². The third-order valence-corrected chi connectivity index (χ3v) is 3.75. The Morgan fingerprint density at radius 3 is 2.20 bits per heavy atom. The number of Topliss-reactive ketones (excluding diaryl/α,β-unsaturated/α-hetero) is 2. The van der Waals surface area contributed by atoms with E-state index in [0.717, 1.165) is 5.56 Å². The second-order valence-corrected chi connectivity index (χ2v) is 5.44. The molecular formula is C16H21NO3. The summed E-state index contributed by atoms with van der Waals surface area (Å²) in [5, 5.41) is 0. The Morgan fingerprint density at radius 2 is 1.80 bits per heavy atom. The third-order valence-electron chi connectivity index (χ3n) is 3.75. The van der Waals surface area contributed by atoms with Crippen LogP contribution in [-0.4, -0.2) is 23.4 Å². The minimum Gasteiger partial charge on any atom is -0.318 e. The zero-order valence-electron chi connectivity index (χ0n) is 12.1. The summed E-state index contributed by atoms with van der Waals surface area (Å²) in [6.45, 7) is 4.77. The van der Waals surface area contributed by atoms with Gasteiger partial charge in [-0.1, -0.05) is 44.2 Å². The molecule has 4 heteroatoms. The van der Waals surface area contributed by atoms with E-state index in [-0.39, 0.29) is 12.3 Å². The van der Waals surface area contributed by atoms with Gasteiger partial charge in [-0.3, -0.25) is 9.59 Å². The summed E-state index contributed by atoms with van der Waals surface area (Å²) < 4.78 is 0. The first-order valence-corrected chi connectivity index (χ1v) is 6.66. The van der Waals surface area contributed by atoms with Crippen molar-refractivity contribution in [2.24, 2.45) is 17.6 Å². The van der Waals surface area contributed by atoms with E-state index in [1.54, 1.807) is 13.8 Å². The first-order chi connectivity index (χ1) is 9.32. The van der Waals surface area contributed by atoms with Gasteiger partial charge >= 0.3 is 0 Å². The Labute approximate surface area is 119 Å². The van der Waals surface area contributed by atoms with E-state index in [9.17, 15) is 14.4 Å². The monoisotopic (exact) mass is 275 g/mol. The molecule has 1 aromatic carbocycles. The molecule has 20 heavy (non-hydrogen) atoms. The maximum absolute atomic E-state index is 12.2. The summed E-state index contributed by atoms with van der Waals surface area (Å²) in [6, 6.07) is 9.26. The summed E-state index contributed by atoms with van der Waals surface area (Å²) in [4.78, 5) is 35.0. The van der Waals surface area contributed by atoms with Crippen LogP contribution < -0.4 is 5.73 Å². The highest BCUT2D eigenvalue weighted by atomic mass is 16.2. The van der Waals surface area contributed by atoms with Gasteiger partial charge in [0.25, 0.3) is 0 Å². The fourth-order valence-electron chi connectivity index (χ4n) is 2.21. The number of benzene rings is 1. The first-order valence-electron chi connectivity index (χ1n) is 6.66. The van der Waals surface area contributed by atoms with E-state index in [0.29, 0.717) is 6.29 Å². The van der Waals surface area contributed by atoms with Gasteiger partial charge in [0.15, 0.2) is 5.78 Å². The maximum atomic E-state index is 12.2. The van der Waals surface area contributed by atoms with E-state index >= 15 is 0 Å². The van der Waals surface area contributed by atoms with Crippen molar-refractivity contribution in [3.05, 3.63) is 35.9 Å². The Bertz CT molecular complexity index is 496. The lowest BCUT2D eigenvalue weighted by Gasteiger charge is -2.34. The average molecular weight is 275 g/mol. The fraction of sp³-hybridized carbons (Fsp3) is 0.438. The smallest absolute Gasteiger partial charge is 0.203 e. The molecule has 0 heterocycles. The molecular weight excluding hydrogens is 254 g/mol. The van der Waals surface area contributed by atoms with Crippen molar-refractivity contribution in [3.8, 4) is 0 Å². The molecule has 0 fully saturated rings. The van der Waals surface area contributed by atoms with Crippen LogP contribution in [0.4, 0.5) is 0 Å². The van der Waals surface area contributed by atoms with Crippen LogP contribution in [0, 0.1) is 11.8 Å². The Hall–Kier alpha value is -1.81. The number of ketones is 2. The minimum absolute atomic E-state index is 0.239. The molecule has 0 saturated heterocycles. The summed E-state index contributed by atoms with van der Waals surface area (Å²) >= 11 is 0. The van der Waals surface area contributed by atoms with Crippen LogP contribution in [-0.2, 0) is 20.8 Å². The van der Waals surface area contributed by atoms with Crippen molar-refractivity contribution in [3.63, 3.8) is 0 Å². The van der Waals surface area contributed by atoms with Gasteiger partial charge in [-0.25, -0.2) is 0 Å². The minimum atomic E-state index is -1.33. The average Bonchev–Trinajstić information content (AvgIpc) is 2.44. The van der Waals surface area contributed by atoms with Gasteiger partial charge in [-0.15, -0.1) is 0 Å². The van der Waals surface area contributed by atoms with Crippen LogP contribution >= 0.6 is 0 Å². The molecule has 0 radical (unpaired) electrons. The predicted octanol–water partition coefficient (Wildman–Crippen LogP) is 1.56. The molecule has 0 aliphatic rings. The number of carbonyl (C=O) groups is 3. The molecule has 108 valence electrons. The fourth-order valence-corrected chi connectivity index (χ4v) is 2.21. The quantitative estimate of drug-likeness (QED) is 0.605. The second kappa shape index (κ2) is 6.57. The number of hydrogen-bond donors (Lipinski definition) is 1. The number of aldehydes is 1. The number of rotatable bonds is 7. The molecule has 0 aliphatic heterocycles. The zero-order valence-corrected chi connectivity index (χ0v) is 12.1. The lowest BCUT2D eigenvalue weighted by atomic mass is 9.72. The topological polar surface area (TPSA) is 77.2 Å². The highest BCUT2D eigenvalue weighted by Crippen LogP contribution is 2.26. The van der Waals surface area contributed by atoms with E-state index in [4.69, 9.17) is 5.73 Å². The van der Waals surface area contributed by atoms with Crippen LogP contribution in [0.15, 0.2) is 30.3 Å². The molecule has 1 rings (SSSR count). The SMILES string of the molecule is CC(=O)C(=O)C(Cc1ccccc1)C(N)(C=O)C(C)C. The van der Waals surface area contributed by atoms with E-state index in [1.807, 2.05) is 30.3 Å². The number of nitrogens with two attached hydrogens (primary N) is 1. The molecule has 0 bridgehead atoms. The van der Waals surface area contributed by atoms with Gasteiger partial charge in [-0.05, 0) is 17.9 Å². The summed E-state index contributed by atoms with van der Waals surface area (Å²) in [5.74, 6) is -2.22. The van der Waals surface area contributed by atoms with E-state index in [2.05, 4.69) is 0 Å². The van der Waals surface area contributed by atoms with Crippen molar-refractivity contribution in [1.82, 2.24) is 0 Å². The zero-order chi connectivity index (χ0) is 15.3.